The largest absolute Gasteiger partial charge is 0.339 e. The third kappa shape index (κ3) is 2.68. The number of benzene rings is 1. The van der Waals surface area contributed by atoms with E-state index in [9.17, 15) is 4.39 Å². The van der Waals surface area contributed by atoms with Crippen LogP contribution in [0, 0.1) is 5.82 Å². The second-order valence-electron chi connectivity index (χ2n) is 4.06. The summed E-state index contributed by atoms with van der Waals surface area (Å²) < 4.78 is 18.2. The van der Waals surface area contributed by atoms with E-state index in [1.54, 1.807) is 6.07 Å². The van der Waals surface area contributed by atoms with Crippen molar-refractivity contribution in [2.24, 2.45) is 5.73 Å². The van der Waals surface area contributed by atoms with Crippen LogP contribution in [0.3, 0.4) is 0 Å². The number of nitrogens with zero attached hydrogens (tertiary/aromatic N) is 2. The zero-order valence-electron chi connectivity index (χ0n) is 9.86. The maximum Gasteiger partial charge on any atom is 0.229 e. The van der Waals surface area contributed by atoms with E-state index < -0.39 is 5.82 Å². The Morgan fingerprint density at radius 2 is 2.28 bits per heavy atom. The molecule has 96 valence electrons. The Morgan fingerprint density at radius 1 is 1.50 bits per heavy atom. The first-order valence-corrected chi connectivity index (χ1v) is 5.98. The molecule has 1 atom stereocenters. The summed E-state index contributed by atoms with van der Waals surface area (Å²) in [5.74, 6) is 0.555. The summed E-state index contributed by atoms with van der Waals surface area (Å²) >= 11 is 5.71. The lowest BCUT2D eigenvalue weighted by Gasteiger charge is -2.01. The standard InChI is InChI=1S/C12H13ClFN3O/c1-7(4-5-15)12-16-11(17-18-12)8-2-3-10(14)9(13)6-8/h2-3,6-7H,4-5,15H2,1H3. The molecule has 2 aromatic rings. The van der Waals surface area contributed by atoms with Gasteiger partial charge in [0, 0.05) is 11.5 Å². The van der Waals surface area contributed by atoms with E-state index in [-0.39, 0.29) is 10.9 Å². The first kappa shape index (κ1) is 13.0. The second kappa shape index (κ2) is 5.46. The van der Waals surface area contributed by atoms with E-state index in [1.165, 1.54) is 12.1 Å². The summed E-state index contributed by atoms with van der Waals surface area (Å²) in [4.78, 5) is 4.26. The van der Waals surface area contributed by atoms with Crippen LogP contribution in [0.15, 0.2) is 22.7 Å². The minimum Gasteiger partial charge on any atom is -0.339 e. The third-order valence-corrected chi connectivity index (χ3v) is 2.93. The van der Waals surface area contributed by atoms with Crippen molar-refractivity contribution < 1.29 is 8.91 Å². The summed E-state index contributed by atoms with van der Waals surface area (Å²) in [5.41, 5.74) is 6.09. The van der Waals surface area contributed by atoms with Crippen LogP contribution in [0.5, 0.6) is 0 Å². The van der Waals surface area contributed by atoms with E-state index in [2.05, 4.69) is 10.1 Å². The van der Waals surface area contributed by atoms with Crippen molar-refractivity contribution in [3.63, 3.8) is 0 Å². The second-order valence-corrected chi connectivity index (χ2v) is 4.47. The van der Waals surface area contributed by atoms with Crippen LogP contribution in [0.2, 0.25) is 5.02 Å². The molecule has 1 unspecified atom stereocenters. The predicted molar refractivity (Wildman–Crippen MR) is 66.8 cm³/mol. The van der Waals surface area contributed by atoms with Gasteiger partial charge in [-0.05, 0) is 31.2 Å². The zero-order chi connectivity index (χ0) is 13.1. The average molecular weight is 270 g/mol. The summed E-state index contributed by atoms with van der Waals surface area (Å²) in [6.45, 7) is 2.52. The zero-order valence-corrected chi connectivity index (χ0v) is 10.6. The molecule has 0 saturated carbocycles. The Hall–Kier alpha value is -1.46. The number of aromatic nitrogens is 2. The summed E-state index contributed by atoms with van der Waals surface area (Å²) in [5, 5.41) is 3.89. The quantitative estimate of drug-likeness (QED) is 0.927. The number of hydrogen-bond acceptors (Lipinski definition) is 4. The van der Waals surface area contributed by atoms with Crippen molar-refractivity contribution in [3.05, 3.63) is 34.9 Å². The summed E-state index contributed by atoms with van der Waals surface area (Å²) in [6, 6.07) is 4.31. The lowest BCUT2D eigenvalue weighted by molar-refractivity contribution is 0.355. The maximum atomic E-state index is 13.0. The van der Waals surface area contributed by atoms with Gasteiger partial charge < -0.3 is 10.3 Å². The molecule has 0 saturated heterocycles. The molecule has 0 bridgehead atoms. The predicted octanol–water partition coefficient (Wildman–Crippen LogP) is 2.98. The molecule has 0 radical (unpaired) electrons. The molecule has 0 amide bonds. The molecule has 1 aromatic carbocycles. The van der Waals surface area contributed by atoms with Gasteiger partial charge >= 0.3 is 0 Å². The number of nitrogens with two attached hydrogens (primary N) is 1. The normalized spacial score (nSPS) is 12.7. The minimum atomic E-state index is -0.472. The SMILES string of the molecule is CC(CCN)c1nc(-c2ccc(F)c(Cl)c2)no1. The Balaban J connectivity index is 2.26. The van der Waals surface area contributed by atoms with Gasteiger partial charge in [-0.2, -0.15) is 4.98 Å². The molecule has 4 nitrogen and oxygen atoms in total. The van der Waals surface area contributed by atoms with Crippen molar-refractivity contribution in [1.29, 1.82) is 0 Å². The van der Waals surface area contributed by atoms with Gasteiger partial charge in [0.1, 0.15) is 5.82 Å². The van der Waals surface area contributed by atoms with Crippen LogP contribution in [-0.4, -0.2) is 16.7 Å². The van der Waals surface area contributed by atoms with Crippen molar-refractivity contribution in [2.45, 2.75) is 19.3 Å². The monoisotopic (exact) mass is 269 g/mol. The summed E-state index contributed by atoms with van der Waals surface area (Å²) in [7, 11) is 0. The summed E-state index contributed by atoms with van der Waals surface area (Å²) in [6.07, 6.45) is 0.770. The number of hydrogen-bond donors (Lipinski definition) is 1. The molecule has 0 aliphatic carbocycles. The molecule has 0 aliphatic rings. The highest BCUT2D eigenvalue weighted by molar-refractivity contribution is 6.31. The van der Waals surface area contributed by atoms with Crippen molar-refractivity contribution in [2.75, 3.05) is 6.54 Å². The van der Waals surface area contributed by atoms with E-state index in [0.29, 0.717) is 23.8 Å². The Bertz CT molecular complexity index is 544. The molecule has 2 rings (SSSR count). The van der Waals surface area contributed by atoms with E-state index in [4.69, 9.17) is 21.9 Å². The Morgan fingerprint density at radius 3 is 2.94 bits per heavy atom. The molecule has 0 aliphatic heterocycles. The van der Waals surface area contributed by atoms with Crippen LogP contribution in [0.4, 0.5) is 4.39 Å². The van der Waals surface area contributed by atoms with Crippen LogP contribution in [0.1, 0.15) is 25.2 Å². The Kier molecular flexibility index (Phi) is 3.93. The van der Waals surface area contributed by atoms with Crippen molar-refractivity contribution >= 4 is 11.6 Å². The number of rotatable bonds is 4. The molecule has 0 spiro atoms. The molecule has 18 heavy (non-hydrogen) atoms. The highest BCUT2D eigenvalue weighted by atomic mass is 35.5. The average Bonchev–Trinajstić information content (AvgIpc) is 2.82. The van der Waals surface area contributed by atoms with Gasteiger partial charge in [-0.3, -0.25) is 0 Å². The molecule has 6 heteroatoms. The fraction of sp³-hybridized carbons (Fsp3) is 0.333. The van der Waals surface area contributed by atoms with Gasteiger partial charge in [0.05, 0.1) is 5.02 Å². The van der Waals surface area contributed by atoms with Crippen molar-refractivity contribution in [3.8, 4) is 11.4 Å². The third-order valence-electron chi connectivity index (χ3n) is 2.64. The lowest BCUT2D eigenvalue weighted by atomic mass is 10.1. The first-order chi connectivity index (χ1) is 8.61. The lowest BCUT2D eigenvalue weighted by Crippen LogP contribution is -2.04. The van der Waals surface area contributed by atoms with E-state index >= 15 is 0 Å². The van der Waals surface area contributed by atoms with Crippen LogP contribution in [0.25, 0.3) is 11.4 Å². The maximum absolute atomic E-state index is 13.0. The van der Waals surface area contributed by atoms with Crippen LogP contribution < -0.4 is 5.73 Å². The van der Waals surface area contributed by atoms with Crippen LogP contribution in [-0.2, 0) is 0 Å². The highest BCUT2D eigenvalue weighted by Gasteiger charge is 2.15. The fourth-order valence-electron chi connectivity index (χ4n) is 1.56. The van der Waals surface area contributed by atoms with E-state index in [0.717, 1.165) is 6.42 Å². The fourth-order valence-corrected chi connectivity index (χ4v) is 1.74. The van der Waals surface area contributed by atoms with Gasteiger partial charge in [0.25, 0.3) is 0 Å². The van der Waals surface area contributed by atoms with Gasteiger partial charge in [0.2, 0.25) is 11.7 Å². The molecule has 0 fully saturated rings. The topological polar surface area (TPSA) is 64.9 Å². The number of halogens is 2. The first-order valence-electron chi connectivity index (χ1n) is 5.61. The molecule has 2 N–H and O–H groups in total. The smallest absolute Gasteiger partial charge is 0.229 e. The molecule has 1 heterocycles. The van der Waals surface area contributed by atoms with Gasteiger partial charge in [-0.15, -0.1) is 0 Å². The van der Waals surface area contributed by atoms with Gasteiger partial charge in [0.15, 0.2) is 0 Å². The van der Waals surface area contributed by atoms with Crippen LogP contribution >= 0.6 is 11.6 Å². The molecular weight excluding hydrogens is 257 g/mol. The van der Waals surface area contributed by atoms with Gasteiger partial charge in [-0.25, -0.2) is 4.39 Å². The van der Waals surface area contributed by atoms with Crippen molar-refractivity contribution in [1.82, 2.24) is 10.1 Å². The van der Waals surface area contributed by atoms with E-state index in [1.807, 2.05) is 6.92 Å². The molecular formula is C12H13ClFN3O. The van der Waals surface area contributed by atoms with Gasteiger partial charge in [-0.1, -0.05) is 23.7 Å². The highest BCUT2D eigenvalue weighted by Crippen LogP contribution is 2.24. The Labute approximate surface area is 109 Å². The minimum absolute atomic E-state index is 0.0360. The molecule has 1 aromatic heterocycles.